The second-order valence-corrected chi connectivity index (χ2v) is 6.84. The number of hydrogen-bond donors (Lipinski definition) is 3. The van der Waals surface area contributed by atoms with Crippen molar-refractivity contribution in [2.75, 3.05) is 7.11 Å². The van der Waals surface area contributed by atoms with E-state index in [0.29, 0.717) is 17.1 Å². The number of hydrogen-bond acceptors (Lipinski definition) is 4. The summed E-state index contributed by atoms with van der Waals surface area (Å²) in [7, 11) is 1.57. The third-order valence-corrected chi connectivity index (χ3v) is 4.46. The van der Waals surface area contributed by atoms with Crippen molar-refractivity contribution in [3.63, 3.8) is 0 Å². The lowest BCUT2D eigenvalue weighted by atomic mass is 10.0. The average molecular weight is 380 g/mol. The molecule has 0 aliphatic heterocycles. The largest absolute Gasteiger partial charge is 0.497 e. The minimum Gasteiger partial charge on any atom is -0.497 e. The fourth-order valence-electron chi connectivity index (χ4n) is 2.87. The van der Waals surface area contributed by atoms with Crippen molar-refractivity contribution in [2.24, 2.45) is 5.92 Å². The zero-order chi connectivity index (χ0) is 20.1. The van der Waals surface area contributed by atoms with E-state index in [-0.39, 0.29) is 24.3 Å². The Morgan fingerprint density at radius 2 is 1.82 bits per heavy atom. The van der Waals surface area contributed by atoms with E-state index >= 15 is 0 Å². The van der Waals surface area contributed by atoms with Crippen LogP contribution in [0, 0.1) is 5.92 Å². The quantitative estimate of drug-likeness (QED) is 0.587. The zero-order valence-corrected chi connectivity index (χ0v) is 16.2. The van der Waals surface area contributed by atoms with Gasteiger partial charge in [-0.1, -0.05) is 26.0 Å². The Kier molecular flexibility index (Phi) is 5.93. The van der Waals surface area contributed by atoms with Crippen LogP contribution >= 0.6 is 0 Å². The predicted octanol–water partition coefficient (Wildman–Crippen LogP) is 2.64. The molecule has 0 radical (unpaired) electrons. The number of nitrogens with one attached hydrogen (secondary N) is 3. The molecule has 146 valence electrons. The number of para-hydroxylation sites is 2. The smallest absolute Gasteiger partial charge is 0.251 e. The predicted molar refractivity (Wildman–Crippen MR) is 107 cm³/mol. The minimum atomic E-state index is -0.654. The summed E-state index contributed by atoms with van der Waals surface area (Å²) in [5, 5.41) is 5.66. The van der Waals surface area contributed by atoms with Gasteiger partial charge in [-0.3, -0.25) is 9.59 Å². The Bertz CT molecular complexity index is 930. The maximum atomic E-state index is 12.7. The lowest BCUT2D eigenvalue weighted by molar-refractivity contribution is -0.124. The number of methoxy groups -OCH3 is 1. The molecule has 0 fully saturated rings. The van der Waals surface area contributed by atoms with E-state index in [1.807, 2.05) is 38.1 Å². The van der Waals surface area contributed by atoms with E-state index in [1.165, 1.54) is 0 Å². The number of H-pyrrole nitrogens is 1. The maximum absolute atomic E-state index is 12.7. The van der Waals surface area contributed by atoms with Gasteiger partial charge in [-0.25, -0.2) is 4.98 Å². The van der Waals surface area contributed by atoms with E-state index < -0.39 is 6.04 Å². The molecule has 1 aromatic heterocycles. The topological polar surface area (TPSA) is 96.1 Å². The molecule has 7 nitrogen and oxygen atoms in total. The highest BCUT2D eigenvalue weighted by molar-refractivity contribution is 5.97. The molecule has 0 bridgehead atoms. The Morgan fingerprint density at radius 3 is 2.46 bits per heavy atom. The van der Waals surface area contributed by atoms with E-state index in [2.05, 4.69) is 20.6 Å². The van der Waals surface area contributed by atoms with Crippen molar-refractivity contribution in [1.82, 2.24) is 20.6 Å². The molecule has 3 N–H and O–H groups in total. The number of fused-ring (bicyclic) bond motifs is 1. The molecule has 3 rings (SSSR count). The van der Waals surface area contributed by atoms with Crippen LogP contribution in [-0.2, 0) is 11.3 Å². The van der Waals surface area contributed by atoms with E-state index in [9.17, 15) is 9.59 Å². The summed E-state index contributed by atoms with van der Waals surface area (Å²) >= 11 is 0. The van der Waals surface area contributed by atoms with Gasteiger partial charge in [-0.2, -0.15) is 0 Å². The molecule has 3 aromatic rings. The third kappa shape index (κ3) is 4.49. The highest BCUT2D eigenvalue weighted by atomic mass is 16.5. The number of aromatic amines is 1. The SMILES string of the molecule is COc1ccc(C(=O)NC(C(=O)NCc2nc3ccccc3[nH]2)C(C)C)cc1. The Morgan fingerprint density at radius 1 is 1.11 bits per heavy atom. The number of carbonyl (C=O) groups is 2. The minimum absolute atomic E-state index is 0.0714. The van der Waals surface area contributed by atoms with Crippen LogP contribution in [-0.4, -0.2) is 34.9 Å². The molecule has 7 heteroatoms. The molecule has 0 spiro atoms. The van der Waals surface area contributed by atoms with Crippen LogP contribution in [0.1, 0.15) is 30.0 Å². The van der Waals surface area contributed by atoms with Crippen LogP contribution in [0.25, 0.3) is 11.0 Å². The van der Waals surface area contributed by atoms with Crippen molar-refractivity contribution in [3.05, 3.63) is 59.9 Å². The van der Waals surface area contributed by atoms with Gasteiger partial charge in [0.05, 0.1) is 24.7 Å². The van der Waals surface area contributed by atoms with Crippen LogP contribution in [0.4, 0.5) is 0 Å². The number of ether oxygens (including phenoxy) is 1. The normalized spacial score (nSPS) is 12.0. The lowest BCUT2D eigenvalue weighted by Crippen LogP contribution is -2.49. The highest BCUT2D eigenvalue weighted by Crippen LogP contribution is 2.13. The number of nitrogens with zero attached hydrogens (tertiary/aromatic N) is 1. The van der Waals surface area contributed by atoms with Gasteiger partial charge >= 0.3 is 0 Å². The van der Waals surface area contributed by atoms with E-state index in [1.54, 1.807) is 31.4 Å². The Hall–Kier alpha value is -3.35. The molecule has 0 saturated carbocycles. The van der Waals surface area contributed by atoms with E-state index in [0.717, 1.165) is 11.0 Å². The summed E-state index contributed by atoms with van der Waals surface area (Å²) in [5.41, 5.74) is 2.23. The van der Waals surface area contributed by atoms with Gasteiger partial charge in [0.1, 0.15) is 17.6 Å². The summed E-state index contributed by atoms with van der Waals surface area (Å²) in [6.07, 6.45) is 0. The first-order chi connectivity index (χ1) is 13.5. The fraction of sp³-hybridized carbons (Fsp3) is 0.286. The standard InChI is InChI=1S/C21H24N4O3/c1-13(2)19(25-20(26)14-8-10-15(28-3)11-9-14)21(27)22-12-18-23-16-6-4-5-7-17(16)24-18/h4-11,13,19H,12H2,1-3H3,(H,22,27)(H,23,24)(H,25,26). The van der Waals surface area contributed by atoms with Gasteiger partial charge in [-0.05, 0) is 42.3 Å². The van der Waals surface area contributed by atoms with Crippen LogP contribution in [0.15, 0.2) is 48.5 Å². The van der Waals surface area contributed by atoms with Crippen LogP contribution in [0.2, 0.25) is 0 Å². The molecule has 2 amide bonds. The Labute approximate surface area is 163 Å². The number of aromatic nitrogens is 2. The molecule has 0 aliphatic rings. The van der Waals surface area contributed by atoms with Crippen molar-refractivity contribution >= 4 is 22.8 Å². The summed E-state index contributed by atoms with van der Waals surface area (Å²) < 4.78 is 5.10. The number of imidazole rings is 1. The molecule has 2 aromatic carbocycles. The van der Waals surface area contributed by atoms with Crippen LogP contribution in [0.3, 0.4) is 0 Å². The van der Waals surface area contributed by atoms with Crippen LogP contribution < -0.4 is 15.4 Å². The van der Waals surface area contributed by atoms with Gasteiger partial charge in [0, 0.05) is 5.56 Å². The van der Waals surface area contributed by atoms with Gasteiger partial charge in [0.25, 0.3) is 5.91 Å². The lowest BCUT2D eigenvalue weighted by Gasteiger charge is -2.21. The number of benzene rings is 2. The third-order valence-electron chi connectivity index (χ3n) is 4.46. The number of amides is 2. The summed E-state index contributed by atoms with van der Waals surface area (Å²) in [6.45, 7) is 4.04. The van der Waals surface area contributed by atoms with Crippen LogP contribution in [0.5, 0.6) is 5.75 Å². The first-order valence-corrected chi connectivity index (χ1v) is 9.14. The second-order valence-electron chi connectivity index (χ2n) is 6.84. The Balaban J connectivity index is 1.63. The van der Waals surface area contributed by atoms with Crippen molar-refractivity contribution in [3.8, 4) is 5.75 Å². The molecule has 28 heavy (non-hydrogen) atoms. The molecule has 0 aliphatic carbocycles. The number of rotatable bonds is 7. The van der Waals surface area contributed by atoms with Gasteiger partial charge in [-0.15, -0.1) is 0 Å². The summed E-state index contributed by atoms with van der Waals surface area (Å²) in [6, 6.07) is 13.8. The second kappa shape index (κ2) is 8.56. The first kappa shape index (κ1) is 19.4. The molecular formula is C21H24N4O3. The highest BCUT2D eigenvalue weighted by Gasteiger charge is 2.24. The summed E-state index contributed by atoms with van der Waals surface area (Å²) in [5.74, 6) is 0.703. The van der Waals surface area contributed by atoms with Crippen molar-refractivity contribution in [1.29, 1.82) is 0 Å². The molecule has 1 atom stereocenters. The van der Waals surface area contributed by atoms with Gasteiger partial charge < -0.3 is 20.4 Å². The molecule has 1 heterocycles. The average Bonchev–Trinajstić information content (AvgIpc) is 3.13. The van der Waals surface area contributed by atoms with E-state index in [4.69, 9.17) is 4.74 Å². The van der Waals surface area contributed by atoms with Gasteiger partial charge in [0.15, 0.2) is 0 Å². The first-order valence-electron chi connectivity index (χ1n) is 9.14. The maximum Gasteiger partial charge on any atom is 0.251 e. The van der Waals surface area contributed by atoms with Gasteiger partial charge in [0.2, 0.25) is 5.91 Å². The molecule has 0 saturated heterocycles. The van der Waals surface area contributed by atoms with Crippen molar-refractivity contribution in [2.45, 2.75) is 26.4 Å². The molecule has 1 unspecified atom stereocenters. The zero-order valence-electron chi connectivity index (χ0n) is 16.2. The monoisotopic (exact) mass is 380 g/mol. The number of carbonyl (C=O) groups excluding carboxylic acids is 2. The van der Waals surface area contributed by atoms with Crippen molar-refractivity contribution < 1.29 is 14.3 Å². The molecular weight excluding hydrogens is 356 g/mol. The summed E-state index contributed by atoms with van der Waals surface area (Å²) in [4.78, 5) is 32.8. The fourth-order valence-corrected chi connectivity index (χ4v) is 2.87.